The van der Waals surface area contributed by atoms with Gasteiger partial charge in [-0.05, 0) is 67.6 Å². The molecule has 0 aromatic carbocycles. The zero-order valence-corrected chi connectivity index (χ0v) is 16.7. The van der Waals surface area contributed by atoms with Crippen molar-refractivity contribution in [3.8, 4) is 0 Å². The predicted molar refractivity (Wildman–Crippen MR) is 104 cm³/mol. The molecule has 2 rings (SSSR count). The van der Waals surface area contributed by atoms with Crippen LogP contribution in [0.25, 0.3) is 0 Å². The summed E-state index contributed by atoms with van der Waals surface area (Å²) in [6.45, 7) is 9.60. The van der Waals surface area contributed by atoms with E-state index in [4.69, 9.17) is 0 Å². The van der Waals surface area contributed by atoms with Gasteiger partial charge in [0.1, 0.15) is 0 Å². The molecule has 0 radical (unpaired) electrons. The van der Waals surface area contributed by atoms with Gasteiger partial charge in [-0.2, -0.15) is 0 Å². The van der Waals surface area contributed by atoms with E-state index in [1.807, 2.05) is 0 Å². The van der Waals surface area contributed by atoms with E-state index in [1.54, 1.807) is 38.5 Å². The molecule has 2 saturated carbocycles. The molecule has 2 aliphatic rings. The number of rotatable bonds is 12. The standard InChI is InChI=1S/C23H44/c1-5-9-11-19(7-3)15-22-16-21-13-14-23(22,18-21)17-20(8-4)12-10-6-2/h19-22H,5-18H2,1-4H3. The molecule has 0 spiro atoms. The lowest BCUT2D eigenvalue weighted by Gasteiger charge is -2.40. The molecule has 2 bridgehead atoms. The van der Waals surface area contributed by atoms with E-state index in [0.717, 1.165) is 29.1 Å². The van der Waals surface area contributed by atoms with E-state index in [9.17, 15) is 0 Å². The average Bonchev–Trinajstić information content (AvgIpc) is 3.12. The molecule has 0 nitrogen and oxygen atoms in total. The molecule has 5 unspecified atom stereocenters. The van der Waals surface area contributed by atoms with Crippen LogP contribution in [0.4, 0.5) is 0 Å². The largest absolute Gasteiger partial charge is 0.0654 e. The summed E-state index contributed by atoms with van der Waals surface area (Å²) < 4.78 is 0. The van der Waals surface area contributed by atoms with E-state index in [1.165, 1.54) is 51.4 Å². The van der Waals surface area contributed by atoms with Crippen LogP contribution >= 0.6 is 0 Å². The van der Waals surface area contributed by atoms with Crippen molar-refractivity contribution in [2.45, 2.75) is 118 Å². The third-order valence-electron chi connectivity index (χ3n) is 7.63. The summed E-state index contributed by atoms with van der Waals surface area (Å²) in [5, 5.41) is 0. The van der Waals surface area contributed by atoms with Gasteiger partial charge >= 0.3 is 0 Å². The summed E-state index contributed by atoms with van der Waals surface area (Å²) in [4.78, 5) is 0. The van der Waals surface area contributed by atoms with Gasteiger partial charge in [-0.1, -0.05) is 79.1 Å². The maximum Gasteiger partial charge on any atom is -0.0264 e. The average molecular weight is 321 g/mol. The topological polar surface area (TPSA) is 0 Å². The second-order valence-electron chi connectivity index (χ2n) is 9.18. The summed E-state index contributed by atoms with van der Waals surface area (Å²) in [5.41, 5.74) is 0.777. The van der Waals surface area contributed by atoms with Crippen molar-refractivity contribution in [3.05, 3.63) is 0 Å². The zero-order valence-electron chi connectivity index (χ0n) is 16.7. The van der Waals surface area contributed by atoms with Gasteiger partial charge in [-0.25, -0.2) is 0 Å². The monoisotopic (exact) mass is 320 g/mol. The molecule has 2 fully saturated rings. The normalized spacial score (nSPS) is 32.3. The highest BCUT2D eigenvalue weighted by atomic mass is 14.6. The van der Waals surface area contributed by atoms with Gasteiger partial charge in [-0.3, -0.25) is 0 Å². The van der Waals surface area contributed by atoms with Crippen molar-refractivity contribution in [2.24, 2.45) is 29.1 Å². The minimum absolute atomic E-state index is 0.777. The molecule has 136 valence electrons. The third-order valence-corrected chi connectivity index (χ3v) is 7.63. The summed E-state index contributed by atoms with van der Waals surface area (Å²) in [6, 6.07) is 0. The van der Waals surface area contributed by atoms with E-state index < -0.39 is 0 Å². The lowest BCUT2D eigenvalue weighted by molar-refractivity contribution is 0.107. The van der Waals surface area contributed by atoms with Crippen molar-refractivity contribution in [1.29, 1.82) is 0 Å². The Kier molecular flexibility index (Phi) is 7.96. The first-order chi connectivity index (χ1) is 11.2. The van der Waals surface area contributed by atoms with Crippen LogP contribution in [0.3, 0.4) is 0 Å². The minimum atomic E-state index is 0.777. The van der Waals surface area contributed by atoms with Gasteiger partial charge in [0.15, 0.2) is 0 Å². The number of hydrogen-bond donors (Lipinski definition) is 0. The first kappa shape index (κ1) is 19.3. The van der Waals surface area contributed by atoms with Crippen LogP contribution in [0.2, 0.25) is 0 Å². The molecule has 0 aromatic rings. The number of unbranched alkanes of at least 4 members (excludes halogenated alkanes) is 2. The van der Waals surface area contributed by atoms with Gasteiger partial charge in [0, 0.05) is 0 Å². The van der Waals surface area contributed by atoms with Crippen LogP contribution in [0.5, 0.6) is 0 Å². The molecular formula is C23H44. The van der Waals surface area contributed by atoms with Crippen molar-refractivity contribution in [3.63, 3.8) is 0 Å². The molecule has 0 aliphatic heterocycles. The fourth-order valence-corrected chi connectivity index (χ4v) is 6.10. The van der Waals surface area contributed by atoms with E-state index in [0.29, 0.717) is 0 Å². The van der Waals surface area contributed by atoms with Crippen molar-refractivity contribution in [2.75, 3.05) is 0 Å². The predicted octanol–water partition coefficient (Wildman–Crippen LogP) is 8.01. The van der Waals surface area contributed by atoms with E-state index in [-0.39, 0.29) is 0 Å². The van der Waals surface area contributed by atoms with Gasteiger partial charge in [0.25, 0.3) is 0 Å². The quantitative estimate of drug-likeness (QED) is 0.341. The fraction of sp³-hybridized carbons (Fsp3) is 1.00. The maximum absolute atomic E-state index is 2.45. The number of hydrogen-bond acceptors (Lipinski definition) is 0. The second-order valence-corrected chi connectivity index (χ2v) is 9.18. The lowest BCUT2D eigenvalue weighted by atomic mass is 9.65. The maximum atomic E-state index is 2.45. The highest BCUT2D eigenvalue weighted by Gasteiger charge is 2.52. The Morgan fingerprint density at radius 1 is 0.913 bits per heavy atom. The Morgan fingerprint density at radius 3 is 2.13 bits per heavy atom. The number of fused-ring (bicyclic) bond motifs is 2. The van der Waals surface area contributed by atoms with E-state index >= 15 is 0 Å². The van der Waals surface area contributed by atoms with Crippen LogP contribution in [-0.4, -0.2) is 0 Å². The summed E-state index contributed by atoms with van der Waals surface area (Å²) in [7, 11) is 0. The second kappa shape index (κ2) is 9.47. The van der Waals surface area contributed by atoms with Gasteiger partial charge in [0.2, 0.25) is 0 Å². The highest BCUT2D eigenvalue weighted by molar-refractivity contribution is 5.02. The molecule has 0 N–H and O–H groups in total. The third kappa shape index (κ3) is 4.99. The van der Waals surface area contributed by atoms with Crippen molar-refractivity contribution in [1.82, 2.24) is 0 Å². The smallest absolute Gasteiger partial charge is 0.0264 e. The Hall–Kier alpha value is 0. The Balaban J connectivity index is 1.96. The van der Waals surface area contributed by atoms with Crippen LogP contribution in [0, 0.1) is 29.1 Å². The van der Waals surface area contributed by atoms with Crippen LogP contribution in [0.1, 0.15) is 118 Å². The van der Waals surface area contributed by atoms with E-state index in [2.05, 4.69) is 27.7 Å². The molecule has 0 heteroatoms. The molecule has 0 saturated heterocycles. The van der Waals surface area contributed by atoms with Crippen LogP contribution in [-0.2, 0) is 0 Å². The molecule has 0 amide bonds. The van der Waals surface area contributed by atoms with Crippen LogP contribution < -0.4 is 0 Å². The minimum Gasteiger partial charge on any atom is -0.0654 e. The van der Waals surface area contributed by atoms with Gasteiger partial charge in [-0.15, -0.1) is 0 Å². The Bertz CT molecular complexity index is 320. The summed E-state index contributed by atoms with van der Waals surface area (Å²) in [6.07, 6.45) is 21.0. The van der Waals surface area contributed by atoms with Gasteiger partial charge < -0.3 is 0 Å². The Labute approximate surface area is 147 Å². The molecule has 0 aromatic heterocycles. The molecular weight excluding hydrogens is 276 g/mol. The molecule has 23 heavy (non-hydrogen) atoms. The summed E-state index contributed by atoms with van der Waals surface area (Å²) in [5.74, 6) is 4.23. The highest BCUT2D eigenvalue weighted by Crippen LogP contribution is 2.62. The molecule has 5 atom stereocenters. The SMILES string of the molecule is CCCCC(CC)CC1CC2CCC1(CC(CC)CCCC)C2. The molecule has 2 aliphatic carbocycles. The molecule has 0 heterocycles. The first-order valence-corrected chi connectivity index (χ1v) is 11.2. The zero-order chi connectivity index (χ0) is 16.7. The Morgan fingerprint density at radius 2 is 1.57 bits per heavy atom. The lowest BCUT2D eigenvalue weighted by Crippen LogP contribution is -2.29. The van der Waals surface area contributed by atoms with Gasteiger partial charge in [0.05, 0.1) is 0 Å². The summed E-state index contributed by atoms with van der Waals surface area (Å²) >= 11 is 0. The first-order valence-electron chi connectivity index (χ1n) is 11.2. The van der Waals surface area contributed by atoms with Crippen LogP contribution in [0.15, 0.2) is 0 Å². The van der Waals surface area contributed by atoms with Crippen molar-refractivity contribution >= 4 is 0 Å². The fourth-order valence-electron chi connectivity index (χ4n) is 6.10. The van der Waals surface area contributed by atoms with Crippen molar-refractivity contribution < 1.29 is 0 Å².